The average molecular weight is 277 g/mol. The molecule has 1 aromatic rings. The molecule has 1 N–H and O–H groups in total. The van der Waals surface area contributed by atoms with Gasteiger partial charge in [0.2, 0.25) is 0 Å². The Hall–Kier alpha value is -0.900. The summed E-state index contributed by atoms with van der Waals surface area (Å²) >= 11 is 0. The van der Waals surface area contributed by atoms with Gasteiger partial charge in [0.1, 0.15) is 6.10 Å². The Morgan fingerprint density at radius 3 is 2.55 bits per heavy atom. The zero-order valence-corrected chi connectivity index (χ0v) is 13.2. The number of aryl methyl sites for hydroxylation is 3. The van der Waals surface area contributed by atoms with Crippen LogP contribution in [0.1, 0.15) is 41.6 Å². The van der Waals surface area contributed by atoms with Crippen molar-refractivity contribution in [2.45, 2.75) is 46.3 Å². The first-order valence-electron chi connectivity index (χ1n) is 7.64. The molecule has 0 aromatic heterocycles. The van der Waals surface area contributed by atoms with Crippen molar-refractivity contribution in [3.05, 3.63) is 34.4 Å². The van der Waals surface area contributed by atoms with Crippen LogP contribution >= 0.6 is 0 Å². The molecule has 0 saturated carbocycles. The number of hydrogen-bond acceptors (Lipinski definition) is 3. The van der Waals surface area contributed by atoms with Gasteiger partial charge in [0, 0.05) is 0 Å². The second kappa shape index (κ2) is 7.21. The van der Waals surface area contributed by atoms with Crippen molar-refractivity contribution in [3.63, 3.8) is 0 Å². The van der Waals surface area contributed by atoms with Crippen molar-refractivity contribution in [1.82, 2.24) is 5.32 Å². The fourth-order valence-corrected chi connectivity index (χ4v) is 2.76. The third-order valence-corrected chi connectivity index (χ3v) is 4.05. The lowest BCUT2D eigenvalue weighted by Crippen LogP contribution is -2.41. The molecule has 0 spiro atoms. The van der Waals surface area contributed by atoms with E-state index in [1.54, 1.807) is 0 Å². The molecule has 1 saturated heterocycles. The predicted octanol–water partition coefficient (Wildman–Crippen LogP) is 3.07. The lowest BCUT2D eigenvalue weighted by Gasteiger charge is -2.32. The van der Waals surface area contributed by atoms with Crippen molar-refractivity contribution in [3.8, 4) is 0 Å². The molecule has 2 rings (SSSR count). The second-order valence-corrected chi connectivity index (χ2v) is 5.71. The summed E-state index contributed by atoms with van der Waals surface area (Å²) < 4.78 is 11.5. The molecule has 1 fully saturated rings. The van der Waals surface area contributed by atoms with Gasteiger partial charge in [0.25, 0.3) is 0 Å². The van der Waals surface area contributed by atoms with Gasteiger partial charge in [-0.25, -0.2) is 0 Å². The van der Waals surface area contributed by atoms with Crippen LogP contribution < -0.4 is 5.32 Å². The maximum atomic E-state index is 5.93. The zero-order valence-electron chi connectivity index (χ0n) is 13.2. The van der Waals surface area contributed by atoms with Crippen LogP contribution in [0.5, 0.6) is 0 Å². The number of benzene rings is 1. The minimum atomic E-state index is 0.108. The lowest BCUT2D eigenvalue weighted by atomic mass is 9.92. The SMILES string of the molecule is CCCNC(c1cc(C)c(C)cc1C)C1COCCO1. The fraction of sp³-hybridized carbons (Fsp3) is 0.647. The lowest BCUT2D eigenvalue weighted by molar-refractivity contribution is -0.102. The Kier molecular flexibility index (Phi) is 5.58. The summed E-state index contributed by atoms with van der Waals surface area (Å²) in [6, 6.07) is 4.79. The number of ether oxygens (including phenoxy) is 2. The highest BCUT2D eigenvalue weighted by Gasteiger charge is 2.27. The average Bonchev–Trinajstić information content (AvgIpc) is 2.45. The first-order valence-corrected chi connectivity index (χ1v) is 7.64. The Balaban J connectivity index is 2.27. The third kappa shape index (κ3) is 3.60. The van der Waals surface area contributed by atoms with Crippen LogP contribution in [-0.2, 0) is 9.47 Å². The maximum absolute atomic E-state index is 5.93. The van der Waals surface area contributed by atoms with E-state index in [1.807, 2.05) is 0 Å². The topological polar surface area (TPSA) is 30.5 Å². The Morgan fingerprint density at radius 1 is 1.15 bits per heavy atom. The molecule has 1 heterocycles. The molecule has 0 aliphatic carbocycles. The largest absolute Gasteiger partial charge is 0.376 e. The van der Waals surface area contributed by atoms with Crippen LogP contribution in [0.4, 0.5) is 0 Å². The minimum absolute atomic E-state index is 0.108. The van der Waals surface area contributed by atoms with Crippen LogP contribution in [0.2, 0.25) is 0 Å². The van der Waals surface area contributed by atoms with E-state index in [4.69, 9.17) is 9.47 Å². The predicted molar refractivity (Wildman–Crippen MR) is 82.2 cm³/mol. The minimum Gasteiger partial charge on any atom is -0.376 e. The second-order valence-electron chi connectivity index (χ2n) is 5.71. The van der Waals surface area contributed by atoms with Gasteiger partial charge in [0.15, 0.2) is 0 Å². The molecule has 3 heteroatoms. The van der Waals surface area contributed by atoms with Gasteiger partial charge in [0.05, 0.1) is 25.9 Å². The number of hydrogen-bond donors (Lipinski definition) is 1. The van der Waals surface area contributed by atoms with E-state index in [0.717, 1.165) is 13.0 Å². The van der Waals surface area contributed by atoms with Gasteiger partial charge in [-0.05, 0) is 56.0 Å². The summed E-state index contributed by atoms with van der Waals surface area (Å²) in [4.78, 5) is 0. The van der Waals surface area contributed by atoms with Gasteiger partial charge in [-0.1, -0.05) is 19.1 Å². The van der Waals surface area contributed by atoms with Gasteiger partial charge in [-0.3, -0.25) is 0 Å². The number of rotatable bonds is 5. The van der Waals surface area contributed by atoms with Crippen LogP contribution in [0, 0.1) is 20.8 Å². The standard InChI is InChI=1S/C17H27NO2/c1-5-6-18-17(16-11-19-7-8-20-16)15-10-13(3)12(2)9-14(15)4/h9-10,16-18H,5-8,11H2,1-4H3. The Morgan fingerprint density at radius 2 is 1.90 bits per heavy atom. The molecular weight excluding hydrogens is 250 g/mol. The van der Waals surface area contributed by atoms with Crippen molar-refractivity contribution in [2.75, 3.05) is 26.4 Å². The Labute approximate surface area is 122 Å². The molecule has 1 aliphatic heterocycles. The summed E-state index contributed by atoms with van der Waals surface area (Å²) in [5.41, 5.74) is 5.36. The molecule has 1 aromatic carbocycles. The summed E-state index contributed by atoms with van der Waals surface area (Å²) in [5.74, 6) is 0. The quantitative estimate of drug-likeness (QED) is 0.897. The van der Waals surface area contributed by atoms with E-state index in [2.05, 4.69) is 45.1 Å². The van der Waals surface area contributed by atoms with E-state index in [0.29, 0.717) is 19.8 Å². The molecule has 0 radical (unpaired) electrons. The molecule has 1 aliphatic rings. The van der Waals surface area contributed by atoms with E-state index in [9.17, 15) is 0 Å². The molecular formula is C17H27NO2. The molecule has 20 heavy (non-hydrogen) atoms. The van der Waals surface area contributed by atoms with E-state index >= 15 is 0 Å². The van der Waals surface area contributed by atoms with Gasteiger partial charge in [-0.15, -0.1) is 0 Å². The van der Waals surface area contributed by atoms with Crippen molar-refractivity contribution >= 4 is 0 Å². The first kappa shape index (κ1) is 15.5. The van der Waals surface area contributed by atoms with Gasteiger partial charge < -0.3 is 14.8 Å². The third-order valence-electron chi connectivity index (χ3n) is 4.05. The molecule has 3 nitrogen and oxygen atoms in total. The highest BCUT2D eigenvalue weighted by Crippen LogP contribution is 2.27. The van der Waals surface area contributed by atoms with Crippen LogP contribution in [0.3, 0.4) is 0 Å². The molecule has 0 amide bonds. The smallest absolute Gasteiger partial charge is 0.100 e. The molecule has 0 bridgehead atoms. The van der Waals surface area contributed by atoms with Crippen LogP contribution in [-0.4, -0.2) is 32.5 Å². The van der Waals surface area contributed by atoms with Crippen LogP contribution in [0.15, 0.2) is 12.1 Å². The van der Waals surface area contributed by atoms with Crippen molar-refractivity contribution in [2.24, 2.45) is 0 Å². The molecule has 112 valence electrons. The molecule has 2 atom stereocenters. The van der Waals surface area contributed by atoms with E-state index in [-0.39, 0.29) is 12.1 Å². The summed E-state index contributed by atoms with van der Waals surface area (Å²) in [6.07, 6.45) is 1.23. The number of nitrogens with one attached hydrogen (secondary N) is 1. The highest BCUT2D eigenvalue weighted by molar-refractivity contribution is 5.38. The first-order chi connectivity index (χ1) is 9.63. The summed E-state index contributed by atoms with van der Waals surface area (Å²) in [7, 11) is 0. The molecule has 2 unspecified atom stereocenters. The van der Waals surface area contributed by atoms with Crippen molar-refractivity contribution in [1.29, 1.82) is 0 Å². The van der Waals surface area contributed by atoms with Crippen molar-refractivity contribution < 1.29 is 9.47 Å². The summed E-state index contributed by atoms with van der Waals surface area (Å²) in [6.45, 7) is 11.8. The van der Waals surface area contributed by atoms with Crippen LogP contribution in [0.25, 0.3) is 0 Å². The van der Waals surface area contributed by atoms with Gasteiger partial charge >= 0.3 is 0 Å². The fourth-order valence-electron chi connectivity index (χ4n) is 2.76. The monoisotopic (exact) mass is 277 g/mol. The van der Waals surface area contributed by atoms with E-state index in [1.165, 1.54) is 22.3 Å². The Bertz CT molecular complexity index is 439. The van der Waals surface area contributed by atoms with Gasteiger partial charge in [-0.2, -0.15) is 0 Å². The normalized spacial score (nSPS) is 20.9. The summed E-state index contributed by atoms with van der Waals surface area (Å²) in [5, 5.41) is 3.64. The highest BCUT2D eigenvalue weighted by atomic mass is 16.6. The van der Waals surface area contributed by atoms with E-state index < -0.39 is 0 Å². The zero-order chi connectivity index (χ0) is 14.5. The maximum Gasteiger partial charge on any atom is 0.100 e.